The first kappa shape index (κ1) is 9.95. The van der Waals surface area contributed by atoms with E-state index in [2.05, 4.69) is 15.9 Å². The molecule has 60 valence electrons. The molecule has 0 bridgehead atoms. The van der Waals surface area contributed by atoms with Gasteiger partial charge >= 0.3 is 5.97 Å². The molecule has 0 aliphatic carbocycles. The summed E-state index contributed by atoms with van der Waals surface area (Å²) in [6, 6.07) is 0. The van der Waals surface area contributed by atoms with E-state index >= 15 is 0 Å². The van der Waals surface area contributed by atoms with Gasteiger partial charge in [-0.25, -0.2) is 0 Å². The largest absolute Gasteiger partial charge is 0.459 e. The Hall–Kier alpha value is -0.0500. The summed E-state index contributed by atoms with van der Waals surface area (Å²) in [4.78, 5) is 10.7. The number of carbonyl (C=O) groups excluding carboxylic acids is 1. The van der Waals surface area contributed by atoms with Crippen LogP contribution >= 0.6 is 15.9 Å². The average Bonchev–Trinajstić information content (AvgIpc) is 1.87. The van der Waals surface area contributed by atoms with Gasteiger partial charge in [-0.2, -0.15) is 0 Å². The van der Waals surface area contributed by atoms with Crippen LogP contribution in [0.15, 0.2) is 0 Å². The number of alkyl halides is 1. The van der Waals surface area contributed by atoms with Crippen LogP contribution in [0, 0.1) is 0 Å². The van der Waals surface area contributed by atoms with Crippen molar-refractivity contribution in [3.05, 3.63) is 0 Å². The third-order valence-electron chi connectivity index (χ3n) is 1.00. The number of hydrogen-bond donors (Lipinski definition) is 0. The molecule has 0 aromatic carbocycles. The maximum absolute atomic E-state index is 10.7. The second-order valence-corrected chi connectivity index (χ2v) is 3.28. The molecule has 10 heavy (non-hydrogen) atoms. The summed E-state index contributed by atoms with van der Waals surface area (Å²) in [5, 5.41) is 0.672. The summed E-state index contributed by atoms with van der Waals surface area (Å²) in [5.41, 5.74) is -0.368. The molecule has 0 spiro atoms. The van der Waals surface area contributed by atoms with Crippen molar-refractivity contribution in [1.29, 1.82) is 0 Å². The molecule has 0 aromatic heterocycles. The van der Waals surface area contributed by atoms with Crippen molar-refractivity contribution in [3.63, 3.8) is 0 Å². The summed E-state index contributed by atoms with van der Waals surface area (Å²) in [6.07, 6.45) is 0.441. The van der Waals surface area contributed by atoms with Crippen molar-refractivity contribution in [2.75, 3.05) is 5.33 Å². The molecule has 0 amide bonds. The molecule has 0 saturated carbocycles. The van der Waals surface area contributed by atoms with Crippen molar-refractivity contribution in [1.82, 2.24) is 0 Å². The van der Waals surface area contributed by atoms with Crippen LogP contribution in [0.4, 0.5) is 0 Å². The van der Waals surface area contributed by atoms with Crippen molar-refractivity contribution >= 4 is 21.9 Å². The Morgan fingerprint density at radius 1 is 1.60 bits per heavy atom. The summed E-state index contributed by atoms with van der Waals surface area (Å²) in [5.74, 6) is -0.149. The molecule has 0 atom stereocenters. The van der Waals surface area contributed by atoms with Gasteiger partial charge in [0.2, 0.25) is 0 Å². The van der Waals surface area contributed by atoms with E-state index in [0.29, 0.717) is 11.8 Å². The van der Waals surface area contributed by atoms with Crippen LogP contribution < -0.4 is 0 Å². The normalized spacial score (nSPS) is 11.2. The molecule has 0 saturated heterocycles. The van der Waals surface area contributed by atoms with Crippen LogP contribution in [0.2, 0.25) is 0 Å². The van der Waals surface area contributed by atoms with E-state index in [1.54, 1.807) is 6.92 Å². The first-order chi connectivity index (χ1) is 4.52. The number of esters is 1. The van der Waals surface area contributed by atoms with Crippen LogP contribution in [0.3, 0.4) is 0 Å². The average molecular weight is 209 g/mol. The van der Waals surface area contributed by atoms with E-state index in [0.717, 1.165) is 0 Å². The molecule has 0 aromatic rings. The smallest absolute Gasteiger partial charge is 0.306 e. The standard InChI is InChI=1S/C7H13BrO2/c1-4-6(9)10-7(2,3)5-8/h4-5H2,1-3H3. The third-order valence-corrected chi connectivity index (χ3v) is 2.35. The van der Waals surface area contributed by atoms with Gasteiger partial charge in [0.15, 0.2) is 0 Å². The highest BCUT2D eigenvalue weighted by atomic mass is 79.9. The van der Waals surface area contributed by atoms with E-state index < -0.39 is 0 Å². The number of rotatable bonds is 3. The molecular formula is C7H13BrO2. The molecule has 0 unspecified atom stereocenters. The topological polar surface area (TPSA) is 26.3 Å². The predicted molar refractivity (Wildman–Crippen MR) is 44.3 cm³/mol. The lowest BCUT2D eigenvalue weighted by atomic mass is 10.2. The molecule has 0 rings (SSSR count). The Balaban J connectivity index is 3.76. The van der Waals surface area contributed by atoms with E-state index in [9.17, 15) is 4.79 Å². The molecule has 0 N–H and O–H groups in total. The third kappa shape index (κ3) is 3.88. The second-order valence-electron chi connectivity index (χ2n) is 2.72. The minimum atomic E-state index is -0.368. The van der Waals surface area contributed by atoms with Gasteiger partial charge in [-0.15, -0.1) is 0 Å². The lowest BCUT2D eigenvalue weighted by Gasteiger charge is -2.21. The first-order valence-corrected chi connectivity index (χ1v) is 4.42. The SMILES string of the molecule is CCC(=O)OC(C)(C)CBr. The Kier molecular flexibility index (Phi) is 3.94. The highest BCUT2D eigenvalue weighted by Gasteiger charge is 2.19. The van der Waals surface area contributed by atoms with E-state index in [-0.39, 0.29) is 11.6 Å². The number of ether oxygens (including phenoxy) is 1. The fourth-order valence-corrected chi connectivity index (χ4v) is 0.522. The number of hydrogen-bond acceptors (Lipinski definition) is 2. The van der Waals surface area contributed by atoms with E-state index in [1.165, 1.54) is 0 Å². The molecule has 0 aliphatic rings. The molecule has 2 nitrogen and oxygen atoms in total. The number of carbonyl (C=O) groups is 1. The molecule has 0 heterocycles. The Morgan fingerprint density at radius 3 is 2.40 bits per heavy atom. The summed E-state index contributed by atoms with van der Waals surface area (Å²) in [6.45, 7) is 5.53. The molecule has 0 radical (unpaired) electrons. The van der Waals surface area contributed by atoms with Gasteiger partial charge < -0.3 is 4.74 Å². The summed E-state index contributed by atoms with van der Waals surface area (Å²) >= 11 is 3.25. The lowest BCUT2D eigenvalue weighted by molar-refractivity contribution is -0.153. The lowest BCUT2D eigenvalue weighted by Crippen LogP contribution is -2.29. The van der Waals surface area contributed by atoms with Crippen LogP contribution in [0.25, 0.3) is 0 Å². The second kappa shape index (κ2) is 3.96. The van der Waals surface area contributed by atoms with Crippen molar-refractivity contribution in [2.45, 2.75) is 32.8 Å². The quantitative estimate of drug-likeness (QED) is 0.525. The fourth-order valence-electron chi connectivity index (χ4n) is 0.408. The Bertz CT molecular complexity index is 121. The van der Waals surface area contributed by atoms with Crippen molar-refractivity contribution in [2.24, 2.45) is 0 Å². The zero-order chi connectivity index (χ0) is 8.20. The Labute approximate surface area is 70.1 Å². The zero-order valence-corrected chi connectivity index (χ0v) is 8.19. The molecular weight excluding hydrogens is 196 g/mol. The summed E-state index contributed by atoms with van der Waals surface area (Å²) in [7, 11) is 0. The maximum atomic E-state index is 10.7. The monoisotopic (exact) mass is 208 g/mol. The van der Waals surface area contributed by atoms with Crippen molar-refractivity contribution in [3.8, 4) is 0 Å². The molecule has 0 fully saturated rings. The highest BCUT2D eigenvalue weighted by Crippen LogP contribution is 2.12. The van der Waals surface area contributed by atoms with Crippen molar-refractivity contribution < 1.29 is 9.53 Å². The summed E-state index contributed by atoms with van der Waals surface area (Å²) < 4.78 is 5.05. The van der Waals surface area contributed by atoms with E-state index in [4.69, 9.17) is 4.74 Å². The zero-order valence-electron chi connectivity index (χ0n) is 6.61. The Morgan fingerprint density at radius 2 is 2.10 bits per heavy atom. The van der Waals surface area contributed by atoms with Gasteiger partial charge in [0.25, 0.3) is 0 Å². The van der Waals surface area contributed by atoms with Gasteiger partial charge in [-0.1, -0.05) is 22.9 Å². The van der Waals surface area contributed by atoms with Gasteiger partial charge in [-0.05, 0) is 13.8 Å². The van der Waals surface area contributed by atoms with Crippen LogP contribution in [-0.4, -0.2) is 16.9 Å². The highest BCUT2D eigenvalue weighted by molar-refractivity contribution is 9.09. The minimum Gasteiger partial charge on any atom is -0.459 e. The minimum absolute atomic E-state index is 0.149. The van der Waals surface area contributed by atoms with Gasteiger partial charge in [0, 0.05) is 11.8 Å². The number of halogens is 1. The van der Waals surface area contributed by atoms with Gasteiger partial charge in [0.05, 0.1) is 0 Å². The van der Waals surface area contributed by atoms with Crippen LogP contribution in [-0.2, 0) is 9.53 Å². The van der Waals surface area contributed by atoms with Crippen LogP contribution in [0.1, 0.15) is 27.2 Å². The predicted octanol–water partition coefficient (Wildman–Crippen LogP) is 2.11. The van der Waals surface area contributed by atoms with Gasteiger partial charge in [0.1, 0.15) is 5.60 Å². The maximum Gasteiger partial charge on any atom is 0.306 e. The van der Waals surface area contributed by atoms with Gasteiger partial charge in [-0.3, -0.25) is 4.79 Å². The first-order valence-electron chi connectivity index (χ1n) is 3.29. The molecule has 3 heteroatoms. The van der Waals surface area contributed by atoms with Crippen LogP contribution in [0.5, 0.6) is 0 Å². The van der Waals surface area contributed by atoms with E-state index in [1.807, 2.05) is 13.8 Å². The molecule has 0 aliphatic heterocycles. The fraction of sp³-hybridized carbons (Fsp3) is 0.857.